The monoisotopic (exact) mass is 334 g/mol. The van der Waals surface area contributed by atoms with Crippen molar-refractivity contribution >= 4 is 11.8 Å². The zero-order valence-electron chi connectivity index (χ0n) is 13.9. The number of pyridine rings is 1. The number of nitrogens with one attached hydrogen (secondary N) is 1. The smallest absolute Gasteiger partial charge is 0.253 e. The Hall–Kier alpha value is -3.20. The van der Waals surface area contributed by atoms with Crippen molar-refractivity contribution in [2.45, 2.75) is 19.4 Å². The minimum absolute atomic E-state index is 0.0265. The van der Waals surface area contributed by atoms with E-state index in [2.05, 4.69) is 10.3 Å². The molecule has 126 valence electrons. The summed E-state index contributed by atoms with van der Waals surface area (Å²) in [6, 6.07) is 14.5. The SMILES string of the molecule is CC(=O)N[C@@H]1CCN(C(=O)c2ccc(-c3cccc(C#N)n3)cc2)C1. The van der Waals surface area contributed by atoms with Gasteiger partial charge in [-0.25, -0.2) is 4.98 Å². The number of aromatic nitrogens is 1. The average Bonchev–Trinajstić information content (AvgIpc) is 3.09. The average molecular weight is 334 g/mol. The number of carbonyl (C=O) groups is 2. The van der Waals surface area contributed by atoms with E-state index < -0.39 is 0 Å². The molecule has 0 unspecified atom stereocenters. The predicted molar refractivity (Wildman–Crippen MR) is 92.5 cm³/mol. The van der Waals surface area contributed by atoms with Crippen molar-refractivity contribution in [3.05, 3.63) is 53.7 Å². The topological polar surface area (TPSA) is 86.1 Å². The van der Waals surface area contributed by atoms with Gasteiger partial charge >= 0.3 is 0 Å². The molecule has 6 nitrogen and oxygen atoms in total. The summed E-state index contributed by atoms with van der Waals surface area (Å²) >= 11 is 0. The fraction of sp³-hybridized carbons (Fsp3) is 0.263. The van der Waals surface area contributed by atoms with Crippen LogP contribution in [0.5, 0.6) is 0 Å². The molecule has 1 aromatic carbocycles. The number of amides is 2. The van der Waals surface area contributed by atoms with Crippen molar-refractivity contribution in [3.8, 4) is 17.3 Å². The molecule has 0 aliphatic carbocycles. The summed E-state index contributed by atoms with van der Waals surface area (Å²) in [7, 11) is 0. The number of hydrogen-bond acceptors (Lipinski definition) is 4. The van der Waals surface area contributed by atoms with Gasteiger partial charge in [0.2, 0.25) is 5.91 Å². The van der Waals surface area contributed by atoms with Gasteiger partial charge in [0.15, 0.2) is 0 Å². The maximum Gasteiger partial charge on any atom is 0.253 e. The Morgan fingerprint density at radius 2 is 2.00 bits per heavy atom. The second kappa shape index (κ2) is 7.14. The van der Waals surface area contributed by atoms with Gasteiger partial charge in [0.1, 0.15) is 11.8 Å². The summed E-state index contributed by atoms with van der Waals surface area (Å²) in [5.41, 5.74) is 2.51. The molecule has 0 radical (unpaired) electrons. The van der Waals surface area contributed by atoms with E-state index in [-0.39, 0.29) is 17.9 Å². The molecule has 1 N–H and O–H groups in total. The first-order chi connectivity index (χ1) is 12.1. The van der Waals surface area contributed by atoms with Gasteiger partial charge in [0.05, 0.1) is 5.69 Å². The Bertz CT molecular complexity index is 839. The van der Waals surface area contributed by atoms with E-state index in [1.807, 2.05) is 24.3 Å². The van der Waals surface area contributed by atoms with Crippen LogP contribution in [0.3, 0.4) is 0 Å². The van der Waals surface area contributed by atoms with Crippen LogP contribution in [0.25, 0.3) is 11.3 Å². The molecular weight excluding hydrogens is 316 g/mol. The zero-order valence-corrected chi connectivity index (χ0v) is 13.9. The Kier molecular flexibility index (Phi) is 4.75. The van der Waals surface area contributed by atoms with Crippen LogP contribution in [0, 0.1) is 11.3 Å². The number of nitriles is 1. The first-order valence-electron chi connectivity index (χ1n) is 8.11. The lowest BCUT2D eigenvalue weighted by atomic mass is 10.1. The molecule has 1 aliphatic heterocycles. The van der Waals surface area contributed by atoms with Gasteiger partial charge in [0, 0.05) is 37.2 Å². The summed E-state index contributed by atoms with van der Waals surface area (Å²) in [6.45, 7) is 2.65. The fourth-order valence-electron chi connectivity index (χ4n) is 2.97. The van der Waals surface area contributed by atoms with Gasteiger partial charge in [0.25, 0.3) is 5.91 Å². The summed E-state index contributed by atoms with van der Waals surface area (Å²) in [5, 5.41) is 11.8. The molecule has 0 spiro atoms. The van der Waals surface area contributed by atoms with Crippen LogP contribution in [0.1, 0.15) is 29.4 Å². The molecule has 1 atom stereocenters. The van der Waals surface area contributed by atoms with Crippen molar-refractivity contribution in [1.82, 2.24) is 15.2 Å². The standard InChI is InChI=1S/C19H18N4O2/c1-13(24)21-17-9-10-23(12-17)19(25)15-7-5-14(6-8-15)18-4-2-3-16(11-20)22-18/h2-8,17H,9-10,12H2,1H3,(H,21,24)/t17-/m1/s1. The third-order valence-electron chi connectivity index (χ3n) is 4.17. The van der Waals surface area contributed by atoms with Crippen LogP contribution in [0.2, 0.25) is 0 Å². The molecule has 6 heteroatoms. The number of nitrogens with zero attached hydrogens (tertiary/aromatic N) is 3. The summed E-state index contributed by atoms with van der Waals surface area (Å²) in [5.74, 6) is -0.117. The highest BCUT2D eigenvalue weighted by molar-refractivity contribution is 5.95. The maximum atomic E-state index is 12.6. The van der Waals surface area contributed by atoms with Crippen LogP contribution in [0.15, 0.2) is 42.5 Å². The molecule has 25 heavy (non-hydrogen) atoms. The quantitative estimate of drug-likeness (QED) is 0.930. The van der Waals surface area contributed by atoms with Crippen LogP contribution in [-0.4, -0.2) is 40.8 Å². The molecule has 1 aliphatic rings. The third kappa shape index (κ3) is 3.83. The number of hydrogen-bond donors (Lipinski definition) is 1. The third-order valence-corrected chi connectivity index (χ3v) is 4.17. The van der Waals surface area contributed by atoms with Crippen LogP contribution in [0.4, 0.5) is 0 Å². The van der Waals surface area contributed by atoms with Crippen molar-refractivity contribution in [2.75, 3.05) is 13.1 Å². The maximum absolute atomic E-state index is 12.6. The lowest BCUT2D eigenvalue weighted by Crippen LogP contribution is -2.37. The van der Waals surface area contributed by atoms with Gasteiger partial charge in [-0.05, 0) is 30.7 Å². The molecule has 3 rings (SSSR count). The highest BCUT2D eigenvalue weighted by Crippen LogP contribution is 2.20. The largest absolute Gasteiger partial charge is 0.352 e. The number of benzene rings is 1. The Morgan fingerprint density at radius 3 is 2.68 bits per heavy atom. The van der Waals surface area contributed by atoms with E-state index in [1.54, 1.807) is 29.2 Å². The van der Waals surface area contributed by atoms with E-state index in [4.69, 9.17) is 5.26 Å². The number of likely N-dealkylation sites (tertiary alicyclic amines) is 1. The Morgan fingerprint density at radius 1 is 1.24 bits per heavy atom. The first-order valence-corrected chi connectivity index (χ1v) is 8.11. The fourth-order valence-corrected chi connectivity index (χ4v) is 2.97. The predicted octanol–water partition coefficient (Wildman–Crippen LogP) is 1.97. The van der Waals surface area contributed by atoms with E-state index >= 15 is 0 Å². The minimum Gasteiger partial charge on any atom is -0.352 e. The van der Waals surface area contributed by atoms with E-state index in [9.17, 15) is 9.59 Å². The number of rotatable bonds is 3. The van der Waals surface area contributed by atoms with E-state index in [1.165, 1.54) is 6.92 Å². The highest BCUT2D eigenvalue weighted by Gasteiger charge is 2.27. The molecule has 1 aromatic heterocycles. The van der Waals surface area contributed by atoms with Crippen LogP contribution >= 0.6 is 0 Å². The number of carbonyl (C=O) groups excluding carboxylic acids is 2. The summed E-state index contributed by atoms with van der Waals surface area (Å²) < 4.78 is 0. The lowest BCUT2D eigenvalue weighted by molar-refractivity contribution is -0.119. The zero-order chi connectivity index (χ0) is 17.8. The molecule has 2 aromatic rings. The van der Waals surface area contributed by atoms with Gasteiger partial charge in [-0.15, -0.1) is 0 Å². The molecule has 2 heterocycles. The van der Waals surface area contributed by atoms with Gasteiger partial charge < -0.3 is 10.2 Å². The minimum atomic E-state index is -0.0734. The van der Waals surface area contributed by atoms with Crippen molar-refractivity contribution in [1.29, 1.82) is 5.26 Å². The molecule has 0 saturated carbocycles. The Labute approximate surface area is 146 Å². The van der Waals surface area contributed by atoms with Crippen molar-refractivity contribution in [2.24, 2.45) is 0 Å². The first kappa shape index (κ1) is 16.7. The Balaban J connectivity index is 1.71. The normalized spacial score (nSPS) is 16.3. The summed E-state index contributed by atoms with van der Waals surface area (Å²) in [6.07, 6.45) is 0.772. The lowest BCUT2D eigenvalue weighted by Gasteiger charge is -2.17. The van der Waals surface area contributed by atoms with Crippen molar-refractivity contribution in [3.63, 3.8) is 0 Å². The van der Waals surface area contributed by atoms with Gasteiger partial charge in [-0.2, -0.15) is 5.26 Å². The molecule has 1 saturated heterocycles. The van der Waals surface area contributed by atoms with E-state index in [0.717, 1.165) is 12.0 Å². The second-order valence-corrected chi connectivity index (χ2v) is 6.03. The van der Waals surface area contributed by atoms with Crippen LogP contribution in [-0.2, 0) is 4.79 Å². The summed E-state index contributed by atoms with van der Waals surface area (Å²) in [4.78, 5) is 29.7. The molecule has 1 fully saturated rings. The molecule has 0 bridgehead atoms. The van der Waals surface area contributed by atoms with Crippen molar-refractivity contribution < 1.29 is 9.59 Å². The molecular formula is C19H18N4O2. The highest BCUT2D eigenvalue weighted by atomic mass is 16.2. The van der Waals surface area contributed by atoms with Gasteiger partial charge in [-0.3, -0.25) is 9.59 Å². The van der Waals surface area contributed by atoms with Crippen LogP contribution < -0.4 is 5.32 Å². The van der Waals surface area contributed by atoms with Gasteiger partial charge in [-0.1, -0.05) is 18.2 Å². The second-order valence-electron chi connectivity index (χ2n) is 6.03. The molecule has 2 amide bonds. The van der Waals surface area contributed by atoms with E-state index in [0.29, 0.717) is 30.0 Å².